The quantitative estimate of drug-likeness (QED) is 0.599. The normalized spacial score (nSPS) is 11.4. The van der Waals surface area contributed by atoms with Gasteiger partial charge in [-0.25, -0.2) is 0 Å². The first kappa shape index (κ1) is 17.4. The molecule has 0 aliphatic rings. The third kappa shape index (κ3) is 4.16. The summed E-state index contributed by atoms with van der Waals surface area (Å²) in [5, 5.41) is 1.16. The molecule has 0 saturated heterocycles. The number of ketones is 1. The summed E-state index contributed by atoms with van der Waals surface area (Å²) in [6.07, 6.45) is 2.02. The lowest BCUT2D eigenvalue weighted by atomic mass is 10.1. The number of nitrogens with zero attached hydrogens (tertiary/aromatic N) is 1. The van der Waals surface area contributed by atoms with Crippen LogP contribution < -0.4 is 10.6 Å². The molecule has 114 valence electrons. The zero-order valence-electron chi connectivity index (χ0n) is 13.3. The van der Waals surface area contributed by atoms with Crippen molar-refractivity contribution in [3.63, 3.8) is 0 Å². The van der Waals surface area contributed by atoms with Crippen LogP contribution in [0.15, 0.2) is 4.90 Å². The highest BCUT2D eigenvalue weighted by molar-refractivity contribution is 7.99. The number of rotatable bonds is 7. The van der Waals surface area contributed by atoms with Crippen LogP contribution in [0.5, 0.6) is 0 Å². The Balaban J connectivity index is 3.24. The summed E-state index contributed by atoms with van der Waals surface area (Å²) in [7, 11) is 0. The van der Waals surface area contributed by atoms with Crippen molar-refractivity contribution < 1.29 is 4.79 Å². The lowest BCUT2D eigenvalue weighted by Crippen LogP contribution is -2.31. The van der Waals surface area contributed by atoms with Gasteiger partial charge in [-0.3, -0.25) is 4.79 Å². The molecule has 0 spiro atoms. The van der Waals surface area contributed by atoms with Crippen molar-refractivity contribution in [3.05, 3.63) is 4.88 Å². The van der Waals surface area contributed by atoms with E-state index in [0.29, 0.717) is 22.4 Å². The minimum atomic E-state index is 0.0584. The van der Waals surface area contributed by atoms with Gasteiger partial charge in [0.05, 0.1) is 15.5 Å². The van der Waals surface area contributed by atoms with Crippen LogP contribution in [0.25, 0.3) is 0 Å². The van der Waals surface area contributed by atoms with E-state index < -0.39 is 0 Å². The predicted molar refractivity (Wildman–Crippen MR) is 92.4 cm³/mol. The molecule has 1 heterocycles. The molecule has 0 fully saturated rings. The lowest BCUT2D eigenvalue weighted by molar-refractivity contribution is 0.102. The van der Waals surface area contributed by atoms with Crippen molar-refractivity contribution in [1.82, 2.24) is 0 Å². The average Bonchev–Trinajstić information content (AvgIpc) is 2.64. The Morgan fingerprint density at radius 2 is 1.75 bits per heavy atom. The van der Waals surface area contributed by atoms with Crippen LogP contribution in [0.2, 0.25) is 0 Å². The van der Waals surface area contributed by atoms with Gasteiger partial charge in [0, 0.05) is 20.0 Å². The maximum Gasteiger partial charge on any atom is 0.171 e. The number of Topliss-reactive ketones (excluding diaryl/α,β-unsaturated/α-hetero) is 1. The highest BCUT2D eigenvalue weighted by atomic mass is 32.2. The third-order valence-corrected chi connectivity index (χ3v) is 5.18. The predicted octanol–water partition coefficient (Wildman–Crippen LogP) is 4.37. The number of thioether (sulfide) groups is 1. The van der Waals surface area contributed by atoms with E-state index in [4.69, 9.17) is 5.73 Å². The molecule has 0 aliphatic carbocycles. The van der Waals surface area contributed by atoms with Gasteiger partial charge in [0.2, 0.25) is 0 Å². The molecule has 1 aromatic rings. The van der Waals surface area contributed by atoms with Gasteiger partial charge < -0.3 is 10.6 Å². The van der Waals surface area contributed by atoms with Crippen LogP contribution in [0, 0.1) is 11.8 Å². The number of nitrogens with two attached hydrogens (primary N) is 1. The summed E-state index contributed by atoms with van der Waals surface area (Å²) in [5.41, 5.74) is 6.81. The van der Waals surface area contributed by atoms with Crippen molar-refractivity contribution in [3.8, 4) is 0 Å². The maximum absolute atomic E-state index is 11.7. The molecule has 0 atom stereocenters. The zero-order chi connectivity index (χ0) is 15.4. The molecule has 2 N–H and O–H groups in total. The van der Waals surface area contributed by atoms with Crippen molar-refractivity contribution in [2.24, 2.45) is 11.8 Å². The Morgan fingerprint density at radius 3 is 2.10 bits per heavy atom. The molecular formula is C15H26N2OS2. The van der Waals surface area contributed by atoms with E-state index in [1.54, 1.807) is 30.0 Å². The van der Waals surface area contributed by atoms with Crippen LogP contribution >= 0.6 is 23.1 Å². The van der Waals surface area contributed by atoms with Gasteiger partial charge in [0.15, 0.2) is 5.78 Å². The summed E-state index contributed by atoms with van der Waals surface area (Å²) >= 11 is 3.18. The van der Waals surface area contributed by atoms with Gasteiger partial charge in [-0.05, 0) is 18.1 Å². The number of anilines is 2. The molecule has 0 bridgehead atoms. The smallest absolute Gasteiger partial charge is 0.171 e. The molecule has 1 aromatic heterocycles. The summed E-state index contributed by atoms with van der Waals surface area (Å²) < 4.78 is 0. The van der Waals surface area contributed by atoms with Gasteiger partial charge in [-0.15, -0.1) is 23.1 Å². The van der Waals surface area contributed by atoms with Gasteiger partial charge in [-0.1, -0.05) is 27.7 Å². The Labute approximate surface area is 130 Å². The Morgan fingerprint density at radius 1 is 1.25 bits per heavy atom. The molecule has 1 rings (SSSR count). The van der Waals surface area contributed by atoms with Crippen LogP contribution in [-0.2, 0) is 0 Å². The number of carbonyl (C=O) groups is 1. The van der Waals surface area contributed by atoms with Gasteiger partial charge >= 0.3 is 0 Å². The molecule has 3 nitrogen and oxygen atoms in total. The molecular weight excluding hydrogens is 288 g/mol. The molecule has 0 saturated carbocycles. The largest absolute Gasteiger partial charge is 0.396 e. The van der Waals surface area contributed by atoms with Gasteiger partial charge in [-0.2, -0.15) is 0 Å². The number of thiophene rings is 1. The van der Waals surface area contributed by atoms with E-state index in [1.807, 2.05) is 6.26 Å². The highest BCUT2D eigenvalue weighted by Gasteiger charge is 2.23. The minimum Gasteiger partial charge on any atom is -0.396 e. The van der Waals surface area contributed by atoms with Crippen molar-refractivity contribution in [2.45, 2.75) is 39.5 Å². The van der Waals surface area contributed by atoms with Crippen LogP contribution in [0.3, 0.4) is 0 Å². The van der Waals surface area contributed by atoms with Crippen molar-refractivity contribution in [1.29, 1.82) is 0 Å². The number of hydrogen-bond acceptors (Lipinski definition) is 5. The molecule has 0 aliphatic heterocycles. The summed E-state index contributed by atoms with van der Waals surface area (Å²) in [4.78, 5) is 15.9. The number of nitrogen functional groups attached to an aromatic ring is 1. The van der Waals surface area contributed by atoms with Crippen LogP contribution in [0.4, 0.5) is 10.7 Å². The standard InChI is InChI=1S/C15H26N2OS2/c1-9(2)7-17(8-10(3)4)15-14(19-6)12(16)13(20-15)11(5)18/h9-10H,7-8,16H2,1-6H3. The average molecular weight is 315 g/mol. The molecule has 0 radical (unpaired) electrons. The van der Waals surface area contributed by atoms with Crippen LogP contribution in [-0.4, -0.2) is 25.1 Å². The number of carbonyl (C=O) groups excluding carboxylic acids is 1. The molecule has 0 unspecified atom stereocenters. The van der Waals surface area contributed by atoms with E-state index in [0.717, 1.165) is 23.0 Å². The number of hydrogen-bond donors (Lipinski definition) is 1. The first-order valence-corrected chi connectivity index (χ1v) is 9.04. The van der Waals surface area contributed by atoms with Crippen molar-refractivity contribution in [2.75, 3.05) is 30.0 Å². The van der Waals surface area contributed by atoms with Crippen molar-refractivity contribution >= 4 is 39.6 Å². The van der Waals surface area contributed by atoms with Gasteiger partial charge in [0.1, 0.15) is 5.00 Å². The monoisotopic (exact) mass is 314 g/mol. The summed E-state index contributed by atoms with van der Waals surface area (Å²) in [5.74, 6) is 1.21. The van der Waals surface area contributed by atoms with E-state index in [9.17, 15) is 4.79 Å². The Bertz CT molecular complexity index is 457. The van der Waals surface area contributed by atoms with Gasteiger partial charge in [0.25, 0.3) is 0 Å². The first-order chi connectivity index (χ1) is 9.27. The fourth-order valence-electron chi connectivity index (χ4n) is 2.21. The molecule has 5 heteroatoms. The van der Waals surface area contributed by atoms with E-state index >= 15 is 0 Å². The molecule has 0 aromatic carbocycles. The zero-order valence-corrected chi connectivity index (χ0v) is 15.0. The second-order valence-corrected chi connectivity index (χ2v) is 7.75. The fourth-order valence-corrected chi connectivity index (χ4v) is 4.30. The third-order valence-electron chi connectivity index (χ3n) is 2.86. The fraction of sp³-hybridized carbons (Fsp3) is 0.667. The topological polar surface area (TPSA) is 46.3 Å². The molecule has 0 amide bonds. The van der Waals surface area contributed by atoms with E-state index in [2.05, 4.69) is 32.6 Å². The minimum absolute atomic E-state index is 0.0584. The SMILES string of the molecule is CSc1c(N(CC(C)C)CC(C)C)sc(C(C)=O)c1N. The Hall–Kier alpha value is -0.680. The Kier molecular flexibility index (Phi) is 6.40. The second-order valence-electron chi connectivity index (χ2n) is 5.93. The summed E-state index contributed by atoms with van der Waals surface area (Å²) in [6.45, 7) is 12.4. The molecule has 20 heavy (non-hydrogen) atoms. The summed E-state index contributed by atoms with van der Waals surface area (Å²) in [6, 6.07) is 0. The van der Waals surface area contributed by atoms with E-state index in [1.165, 1.54) is 0 Å². The highest BCUT2D eigenvalue weighted by Crippen LogP contribution is 2.44. The maximum atomic E-state index is 11.7. The van der Waals surface area contributed by atoms with E-state index in [-0.39, 0.29) is 5.78 Å². The lowest BCUT2D eigenvalue weighted by Gasteiger charge is -2.28. The first-order valence-electron chi connectivity index (χ1n) is 7.00. The second kappa shape index (κ2) is 7.36. The van der Waals surface area contributed by atoms with Crippen LogP contribution in [0.1, 0.15) is 44.3 Å².